The number of aromatic nitrogens is 2. The summed E-state index contributed by atoms with van der Waals surface area (Å²) < 4.78 is 56.6. The molecule has 0 radical (unpaired) electrons. The average Bonchev–Trinajstić information content (AvgIpc) is 3.10. The van der Waals surface area contributed by atoms with Crippen LogP contribution in [0.25, 0.3) is 0 Å². The van der Waals surface area contributed by atoms with Gasteiger partial charge in [-0.05, 0) is 30.3 Å². The summed E-state index contributed by atoms with van der Waals surface area (Å²) in [5.41, 5.74) is 0.348. The van der Waals surface area contributed by atoms with Crippen molar-refractivity contribution in [3.05, 3.63) is 76.7 Å². The van der Waals surface area contributed by atoms with Crippen LogP contribution >= 0.6 is 11.6 Å². The van der Waals surface area contributed by atoms with Gasteiger partial charge in [-0.2, -0.15) is 18.3 Å². The second-order valence-corrected chi connectivity index (χ2v) is 6.39. The van der Waals surface area contributed by atoms with Gasteiger partial charge in [-0.3, -0.25) is 9.48 Å². The van der Waals surface area contributed by atoms with Gasteiger partial charge in [0.25, 0.3) is 5.91 Å². The predicted octanol–water partition coefficient (Wildman–Crippen LogP) is 4.92. The zero-order valence-corrected chi connectivity index (χ0v) is 15.5. The number of benzene rings is 2. The molecule has 1 aromatic heterocycles. The topological polar surface area (TPSA) is 56.2 Å². The first-order valence-electron chi connectivity index (χ1n) is 8.28. The molecule has 0 unspecified atom stereocenters. The van der Waals surface area contributed by atoms with Gasteiger partial charge in [0.2, 0.25) is 0 Å². The van der Waals surface area contributed by atoms with Crippen molar-refractivity contribution in [3.8, 4) is 5.75 Å². The number of rotatable bonds is 6. The minimum Gasteiger partial charge on any atom is -0.484 e. The molecule has 3 aromatic rings. The van der Waals surface area contributed by atoms with E-state index in [1.807, 2.05) is 0 Å². The van der Waals surface area contributed by atoms with E-state index in [0.29, 0.717) is 0 Å². The Bertz CT molecular complexity index is 1000. The maximum Gasteiger partial charge on any atom is 0.422 e. The lowest BCUT2D eigenvalue weighted by Crippen LogP contribution is -2.19. The zero-order chi connectivity index (χ0) is 21.0. The van der Waals surface area contributed by atoms with Gasteiger partial charge in [-0.15, -0.1) is 0 Å². The number of anilines is 1. The van der Waals surface area contributed by atoms with Crippen LogP contribution in [0.2, 0.25) is 5.02 Å². The summed E-state index contributed by atoms with van der Waals surface area (Å²) in [6.45, 7) is -1.40. The molecule has 5 nitrogen and oxygen atoms in total. The fourth-order valence-corrected chi connectivity index (χ4v) is 2.67. The Morgan fingerprint density at radius 2 is 1.93 bits per heavy atom. The number of hydrogen-bond donors (Lipinski definition) is 1. The van der Waals surface area contributed by atoms with Crippen LogP contribution in [-0.2, 0) is 6.54 Å². The maximum atomic E-state index is 13.9. The zero-order valence-electron chi connectivity index (χ0n) is 14.7. The van der Waals surface area contributed by atoms with Crippen molar-refractivity contribution in [2.24, 2.45) is 0 Å². The molecule has 1 N–H and O–H groups in total. The van der Waals surface area contributed by atoms with E-state index in [1.54, 1.807) is 6.07 Å². The third kappa shape index (κ3) is 5.71. The molecule has 0 bridgehead atoms. The summed E-state index contributed by atoms with van der Waals surface area (Å²) in [5, 5.41) is 6.89. The molecule has 10 heteroatoms. The number of carbonyl (C=O) groups is 1. The van der Waals surface area contributed by atoms with E-state index >= 15 is 0 Å². The van der Waals surface area contributed by atoms with E-state index in [2.05, 4.69) is 15.2 Å². The molecular weight excluding hydrogens is 414 g/mol. The molecule has 0 saturated heterocycles. The normalized spacial score (nSPS) is 11.3. The quantitative estimate of drug-likeness (QED) is 0.568. The molecule has 2 aromatic carbocycles. The molecule has 0 aliphatic carbocycles. The molecule has 29 heavy (non-hydrogen) atoms. The van der Waals surface area contributed by atoms with Gasteiger partial charge in [0.05, 0.1) is 6.54 Å². The van der Waals surface area contributed by atoms with Crippen molar-refractivity contribution in [1.82, 2.24) is 9.78 Å². The Labute approximate surface area is 167 Å². The number of halogens is 5. The Morgan fingerprint density at radius 3 is 2.66 bits per heavy atom. The molecule has 0 aliphatic heterocycles. The fourth-order valence-electron chi connectivity index (χ4n) is 2.44. The molecule has 152 valence electrons. The number of amides is 1. The van der Waals surface area contributed by atoms with Gasteiger partial charge in [0, 0.05) is 28.4 Å². The van der Waals surface area contributed by atoms with Crippen molar-refractivity contribution in [2.45, 2.75) is 12.7 Å². The molecule has 0 fully saturated rings. The molecule has 1 heterocycles. The van der Waals surface area contributed by atoms with Crippen LogP contribution in [-0.4, -0.2) is 28.5 Å². The van der Waals surface area contributed by atoms with Gasteiger partial charge in [0.15, 0.2) is 12.4 Å². The van der Waals surface area contributed by atoms with Crippen LogP contribution in [0.5, 0.6) is 5.75 Å². The first-order chi connectivity index (χ1) is 13.7. The number of hydrogen-bond acceptors (Lipinski definition) is 3. The van der Waals surface area contributed by atoms with E-state index in [-0.39, 0.29) is 34.3 Å². The van der Waals surface area contributed by atoms with Crippen LogP contribution < -0.4 is 10.1 Å². The highest BCUT2D eigenvalue weighted by Gasteiger charge is 2.28. The van der Waals surface area contributed by atoms with Crippen LogP contribution in [0.3, 0.4) is 0 Å². The van der Waals surface area contributed by atoms with E-state index in [0.717, 1.165) is 0 Å². The smallest absolute Gasteiger partial charge is 0.422 e. The standard InChI is InChI=1S/C19H14ClF4N3O2/c20-15-5-2-6-16(21)14(15)10-27-8-7-17(26-27)25-18(28)12-3-1-4-13(9-12)29-11-19(22,23)24/h1-9H,10-11H2,(H,25,26,28). The third-order valence-electron chi connectivity index (χ3n) is 3.76. The number of carbonyl (C=O) groups excluding carboxylic acids is 1. The van der Waals surface area contributed by atoms with Crippen LogP contribution in [0.1, 0.15) is 15.9 Å². The summed E-state index contributed by atoms with van der Waals surface area (Å²) in [7, 11) is 0. The van der Waals surface area contributed by atoms with Crippen LogP contribution in [0.15, 0.2) is 54.7 Å². The van der Waals surface area contributed by atoms with E-state index in [9.17, 15) is 22.4 Å². The number of nitrogens with zero attached hydrogens (tertiary/aromatic N) is 2. The molecule has 0 spiro atoms. The third-order valence-corrected chi connectivity index (χ3v) is 4.12. The Hall–Kier alpha value is -3.07. The minimum absolute atomic E-state index is 0.0577. The van der Waals surface area contributed by atoms with Crippen molar-refractivity contribution in [2.75, 3.05) is 11.9 Å². The summed E-state index contributed by atoms with van der Waals surface area (Å²) in [5.74, 6) is -0.968. The summed E-state index contributed by atoms with van der Waals surface area (Å²) >= 11 is 5.99. The molecule has 1 amide bonds. The Morgan fingerprint density at radius 1 is 1.17 bits per heavy atom. The number of ether oxygens (including phenoxy) is 1. The largest absolute Gasteiger partial charge is 0.484 e. The first kappa shape index (κ1) is 20.7. The SMILES string of the molecule is O=C(Nc1ccn(Cc2c(F)cccc2Cl)n1)c1cccc(OCC(F)(F)F)c1. The summed E-state index contributed by atoms with van der Waals surface area (Å²) in [6, 6.07) is 11.2. The van der Waals surface area contributed by atoms with E-state index in [1.165, 1.54) is 53.3 Å². The minimum atomic E-state index is -4.48. The van der Waals surface area contributed by atoms with Gasteiger partial charge >= 0.3 is 6.18 Å². The fraction of sp³-hybridized carbons (Fsp3) is 0.158. The molecule has 3 rings (SSSR count). The summed E-state index contributed by atoms with van der Waals surface area (Å²) in [6.07, 6.45) is -2.95. The Balaban J connectivity index is 1.66. The second kappa shape index (κ2) is 8.52. The molecule has 0 saturated carbocycles. The lowest BCUT2D eigenvalue weighted by atomic mass is 10.2. The maximum absolute atomic E-state index is 13.9. The molecule has 0 aliphatic rings. The highest BCUT2D eigenvalue weighted by molar-refractivity contribution is 6.31. The highest BCUT2D eigenvalue weighted by atomic mass is 35.5. The summed E-state index contributed by atoms with van der Waals surface area (Å²) in [4.78, 5) is 12.3. The predicted molar refractivity (Wildman–Crippen MR) is 98.7 cm³/mol. The highest BCUT2D eigenvalue weighted by Crippen LogP contribution is 2.21. The molecule has 0 atom stereocenters. The second-order valence-electron chi connectivity index (χ2n) is 5.98. The van der Waals surface area contributed by atoms with Gasteiger partial charge < -0.3 is 10.1 Å². The van der Waals surface area contributed by atoms with Gasteiger partial charge in [-0.25, -0.2) is 4.39 Å². The lowest BCUT2D eigenvalue weighted by Gasteiger charge is -2.10. The Kier molecular flexibility index (Phi) is 6.07. The first-order valence-corrected chi connectivity index (χ1v) is 8.66. The van der Waals surface area contributed by atoms with Gasteiger partial charge in [0.1, 0.15) is 11.6 Å². The van der Waals surface area contributed by atoms with Crippen LogP contribution in [0.4, 0.5) is 23.4 Å². The van der Waals surface area contributed by atoms with E-state index in [4.69, 9.17) is 11.6 Å². The average molecular weight is 428 g/mol. The van der Waals surface area contributed by atoms with Crippen molar-refractivity contribution in [1.29, 1.82) is 0 Å². The molecular formula is C19H14ClF4N3O2. The van der Waals surface area contributed by atoms with Crippen molar-refractivity contribution >= 4 is 23.3 Å². The van der Waals surface area contributed by atoms with Gasteiger partial charge in [-0.1, -0.05) is 23.7 Å². The van der Waals surface area contributed by atoms with E-state index < -0.39 is 24.5 Å². The monoisotopic (exact) mass is 427 g/mol. The van der Waals surface area contributed by atoms with Crippen molar-refractivity contribution < 1.29 is 27.1 Å². The van der Waals surface area contributed by atoms with Crippen LogP contribution in [0, 0.1) is 5.82 Å². The number of alkyl halides is 3. The lowest BCUT2D eigenvalue weighted by molar-refractivity contribution is -0.153. The van der Waals surface area contributed by atoms with Crippen molar-refractivity contribution in [3.63, 3.8) is 0 Å². The number of nitrogens with one attached hydrogen (secondary N) is 1.